The van der Waals surface area contributed by atoms with Crippen LogP contribution in [0.25, 0.3) is 0 Å². The number of halogens is 1. The molecule has 1 saturated carbocycles. The molecule has 1 fully saturated rings. The summed E-state index contributed by atoms with van der Waals surface area (Å²) in [5.41, 5.74) is -0.385. The minimum Gasteiger partial charge on any atom is -0.481 e. The molecule has 2 nitrogen and oxygen atoms in total. The van der Waals surface area contributed by atoms with Crippen LogP contribution >= 0.6 is 15.9 Å². The smallest absolute Gasteiger partial charge is 0.309 e. The van der Waals surface area contributed by atoms with E-state index in [1.807, 2.05) is 0 Å². The highest BCUT2D eigenvalue weighted by atomic mass is 79.9. The lowest BCUT2D eigenvalue weighted by Crippen LogP contribution is -2.36. The van der Waals surface area contributed by atoms with Crippen molar-refractivity contribution < 1.29 is 9.90 Å². The van der Waals surface area contributed by atoms with Gasteiger partial charge in [-0.2, -0.15) is 0 Å². The average Bonchev–Trinajstić information content (AvgIpc) is 2.83. The summed E-state index contributed by atoms with van der Waals surface area (Å²) in [6.45, 7) is 2.18. The van der Waals surface area contributed by atoms with Crippen molar-refractivity contribution in [3.8, 4) is 0 Å². The van der Waals surface area contributed by atoms with Crippen LogP contribution in [0.2, 0.25) is 0 Å². The molecule has 18 heavy (non-hydrogen) atoms. The highest BCUT2D eigenvalue weighted by molar-refractivity contribution is 9.09. The Labute approximate surface area is 120 Å². The van der Waals surface area contributed by atoms with E-state index in [2.05, 4.69) is 22.9 Å². The molecule has 3 heteroatoms. The molecular formula is C15H27BrO2. The Hall–Kier alpha value is -0.0500. The van der Waals surface area contributed by atoms with Gasteiger partial charge in [0.15, 0.2) is 0 Å². The third kappa shape index (κ3) is 3.97. The molecule has 0 aromatic heterocycles. The SMILES string of the molecule is CCCC(CCCCCBr)C1(C(=O)O)CCCC1. The Morgan fingerprint density at radius 3 is 2.39 bits per heavy atom. The van der Waals surface area contributed by atoms with Crippen LogP contribution < -0.4 is 0 Å². The van der Waals surface area contributed by atoms with Crippen LogP contribution in [-0.4, -0.2) is 16.4 Å². The van der Waals surface area contributed by atoms with E-state index in [1.54, 1.807) is 0 Å². The molecule has 1 rings (SSSR count). The highest BCUT2D eigenvalue weighted by Gasteiger charge is 2.46. The largest absolute Gasteiger partial charge is 0.481 e. The summed E-state index contributed by atoms with van der Waals surface area (Å²) in [6, 6.07) is 0. The monoisotopic (exact) mass is 318 g/mol. The maximum absolute atomic E-state index is 11.7. The van der Waals surface area contributed by atoms with E-state index in [4.69, 9.17) is 0 Å². The van der Waals surface area contributed by atoms with Gasteiger partial charge in [-0.15, -0.1) is 0 Å². The maximum Gasteiger partial charge on any atom is 0.309 e. The number of alkyl halides is 1. The van der Waals surface area contributed by atoms with Crippen LogP contribution in [-0.2, 0) is 4.79 Å². The first kappa shape index (κ1) is 16.0. The van der Waals surface area contributed by atoms with Gasteiger partial charge in [-0.05, 0) is 38.0 Å². The second kappa shape index (κ2) is 8.19. The predicted molar refractivity (Wildman–Crippen MR) is 79.2 cm³/mol. The van der Waals surface area contributed by atoms with Crippen molar-refractivity contribution in [2.45, 2.75) is 71.1 Å². The van der Waals surface area contributed by atoms with Crippen LogP contribution in [0.15, 0.2) is 0 Å². The Morgan fingerprint density at radius 2 is 1.89 bits per heavy atom. The summed E-state index contributed by atoms with van der Waals surface area (Å²) < 4.78 is 0. The van der Waals surface area contributed by atoms with Crippen molar-refractivity contribution in [1.29, 1.82) is 0 Å². The van der Waals surface area contributed by atoms with Gasteiger partial charge in [0.05, 0.1) is 5.41 Å². The molecule has 0 aromatic carbocycles. The van der Waals surface area contributed by atoms with Gasteiger partial charge in [0.2, 0.25) is 0 Å². The van der Waals surface area contributed by atoms with Gasteiger partial charge in [-0.1, -0.05) is 55.0 Å². The Balaban J connectivity index is 2.59. The first-order valence-electron chi connectivity index (χ1n) is 7.46. The molecule has 0 bridgehead atoms. The molecule has 1 atom stereocenters. The van der Waals surface area contributed by atoms with E-state index in [0.717, 1.165) is 50.3 Å². The van der Waals surface area contributed by atoms with E-state index >= 15 is 0 Å². The molecule has 0 heterocycles. The molecule has 0 saturated heterocycles. The lowest BCUT2D eigenvalue weighted by molar-refractivity contribution is -0.152. The fraction of sp³-hybridized carbons (Fsp3) is 0.933. The first-order valence-corrected chi connectivity index (χ1v) is 8.59. The van der Waals surface area contributed by atoms with Crippen molar-refractivity contribution in [3.63, 3.8) is 0 Å². The number of carboxylic acid groups (broad SMARTS) is 1. The third-order valence-corrected chi connectivity index (χ3v) is 5.09. The normalized spacial score (nSPS) is 19.9. The van der Waals surface area contributed by atoms with E-state index in [1.165, 1.54) is 19.3 Å². The van der Waals surface area contributed by atoms with Gasteiger partial charge < -0.3 is 5.11 Å². The van der Waals surface area contributed by atoms with Crippen molar-refractivity contribution in [1.82, 2.24) is 0 Å². The zero-order valence-corrected chi connectivity index (χ0v) is 13.2. The van der Waals surface area contributed by atoms with E-state index < -0.39 is 5.97 Å². The zero-order valence-electron chi connectivity index (χ0n) is 11.6. The Kier molecular flexibility index (Phi) is 7.28. The molecule has 1 aliphatic rings. The molecular weight excluding hydrogens is 292 g/mol. The lowest BCUT2D eigenvalue weighted by Gasteiger charge is -2.34. The molecule has 1 aliphatic carbocycles. The molecule has 0 aliphatic heterocycles. The predicted octanol–water partition coefficient (Wildman–Crippen LogP) is 5.00. The molecule has 0 radical (unpaired) electrons. The Bertz CT molecular complexity index is 247. The van der Waals surface area contributed by atoms with Crippen molar-refractivity contribution in [3.05, 3.63) is 0 Å². The summed E-state index contributed by atoms with van der Waals surface area (Å²) >= 11 is 3.45. The minimum atomic E-state index is -0.529. The first-order chi connectivity index (χ1) is 8.67. The van der Waals surface area contributed by atoms with E-state index in [0.29, 0.717) is 5.92 Å². The van der Waals surface area contributed by atoms with Gasteiger partial charge in [0.1, 0.15) is 0 Å². The quantitative estimate of drug-likeness (QED) is 0.479. The summed E-state index contributed by atoms with van der Waals surface area (Å²) in [7, 11) is 0. The van der Waals surface area contributed by atoms with Crippen LogP contribution in [0.3, 0.4) is 0 Å². The van der Waals surface area contributed by atoms with Crippen LogP contribution in [0, 0.1) is 11.3 Å². The number of hydrogen-bond donors (Lipinski definition) is 1. The summed E-state index contributed by atoms with van der Waals surface area (Å²) in [5.74, 6) is -0.128. The topological polar surface area (TPSA) is 37.3 Å². The van der Waals surface area contributed by atoms with Crippen molar-refractivity contribution in [2.24, 2.45) is 11.3 Å². The van der Waals surface area contributed by atoms with E-state index in [9.17, 15) is 9.90 Å². The van der Waals surface area contributed by atoms with Crippen molar-refractivity contribution in [2.75, 3.05) is 5.33 Å². The Morgan fingerprint density at radius 1 is 1.22 bits per heavy atom. The molecule has 0 spiro atoms. The summed E-state index contributed by atoms with van der Waals surface area (Å²) in [4.78, 5) is 11.7. The van der Waals surface area contributed by atoms with Crippen LogP contribution in [0.4, 0.5) is 0 Å². The molecule has 1 unspecified atom stereocenters. The lowest BCUT2D eigenvalue weighted by atomic mass is 9.70. The second-order valence-corrected chi connectivity index (χ2v) is 6.49. The van der Waals surface area contributed by atoms with E-state index in [-0.39, 0.29) is 5.41 Å². The molecule has 0 amide bonds. The summed E-state index contributed by atoms with van der Waals surface area (Å²) in [6.07, 6.45) is 10.9. The number of carbonyl (C=O) groups is 1. The number of hydrogen-bond acceptors (Lipinski definition) is 1. The molecule has 1 N–H and O–H groups in total. The molecule has 0 aromatic rings. The maximum atomic E-state index is 11.7. The molecule has 106 valence electrons. The number of carboxylic acids is 1. The van der Waals surface area contributed by atoms with Gasteiger partial charge in [-0.3, -0.25) is 4.79 Å². The van der Waals surface area contributed by atoms with Gasteiger partial charge in [-0.25, -0.2) is 0 Å². The number of rotatable bonds is 9. The fourth-order valence-electron chi connectivity index (χ4n) is 3.51. The summed E-state index contributed by atoms with van der Waals surface area (Å²) in [5, 5.41) is 10.7. The average molecular weight is 319 g/mol. The standard InChI is InChI=1S/C15H27BrO2/c1-2-8-13(9-4-3-7-12-16)15(14(17)18)10-5-6-11-15/h13H,2-12H2,1H3,(H,17,18). The zero-order chi connectivity index (χ0) is 13.4. The van der Waals surface area contributed by atoms with Crippen LogP contribution in [0.1, 0.15) is 71.1 Å². The van der Waals surface area contributed by atoms with Crippen molar-refractivity contribution >= 4 is 21.9 Å². The third-order valence-electron chi connectivity index (χ3n) is 4.53. The van der Waals surface area contributed by atoms with Gasteiger partial charge in [0, 0.05) is 5.33 Å². The van der Waals surface area contributed by atoms with Gasteiger partial charge in [0.25, 0.3) is 0 Å². The highest BCUT2D eigenvalue weighted by Crippen LogP contribution is 2.48. The minimum absolute atomic E-state index is 0.385. The second-order valence-electron chi connectivity index (χ2n) is 5.69. The van der Waals surface area contributed by atoms with Crippen LogP contribution in [0.5, 0.6) is 0 Å². The van der Waals surface area contributed by atoms with Gasteiger partial charge >= 0.3 is 5.97 Å². The number of unbranched alkanes of at least 4 members (excludes halogenated alkanes) is 2. The fourth-order valence-corrected chi connectivity index (χ4v) is 3.91. The number of aliphatic carboxylic acids is 1.